The molecule has 0 bridgehead atoms. The predicted molar refractivity (Wildman–Crippen MR) is 107 cm³/mol. The number of amides is 2. The fourth-order valence-corrected chi connectivity index (χ4v) is 3.01. The third kappa shape index (κ3) is 6.96. The summed E-state index contributed by atoms with van der Waals surface area (Å²) in [4.78, 5) is 36.8. The predicted octanol–water partition coefficient (Wildman–Crippen LogP) is 1.31. The van der Waals surface area contributed by atoms with Gasteiger partial charge in [0, 0.05) is 13.0 Å². The molecule has 2 amide bonds. The van der Waals surface area contributed by atoms with E-state index in [9.17, 15) is 14.4 Å². The Morgan fingerprint density at radius 1 is 1.07 bits per heavy atom. The summed E-state index contributed by atoms with van der Waals surface area (Å²) < 4.78 is 4.92. The van der Waals surface area contributed by atoms with Crippen molar-refractivity contribution in [3.8, 4) is 0 Å². The highest BCUT2D eigenvalue weighted by Gasteiger charge is 2.49. The lowest BCUT2D eigenvalue weighted by molar-refractivity contribution is -0.143. The van der Waals surface area contributed by atoms with Gasteiger partial charge in [-0.3, -0.25) is 19.7 Å². The SMILES string of the molecule is CCCCCCNC(=O)[C@H](Cc1ccccc1)NC(=O)[C@H]1N[C@@H]1C(=O)OCC. The van der Waals surface area contributed by atoms with Gasteiger partial charge in [-0.15, -0.1) is 0 Å². The molecule has 0 radical (unpaired) electrons. The Labute approximate surface area is 166 Å². The van der Waals surface area contributed by atoms with Gasteiger partial charge in [0.25, 0.3) is 0 Å². The van der Waals surface area contributed by atoms with E-state index in [1.165, 1.54) is 0 Å². The molecule has 3 atom stereocenters. The van der Waals surface area contributed by atoms with Crippen LogP contribution in [0.4, 0.5) is 0 Å². The molecule has 2 rings (SSSR count). The summed E-state index contributed by atoms with van der Waals surface area (Å²) in [5.41, 5.74) is 0.958. The maximum Gasteiger partial charge on any atom is 0.325 e. The van der Waals surface area contributed by atoms with Gasteiger partial charge >= 0.3 is 5.97 Å². The summed E-state index contributed by atoms with van der Waals surface area (Å²) in [6.07, 6.45) is 4.66. The van der Waals surface area contributed by atoms with Gasteiger partial charge in [-0.2, -0.15) is 0 Å². The maximum absolute atomic E-state index is 12.6. The number of carbonyl (C=O) groups is 3. The Bertz CT molecular complexity index is 650. The Morgan fingerprint density at radius 2 is 1.82 bits per heavy atom. The van der Waals surface area contributed by atoms with E-state index in [0.29, 0.717) is 13.0 Å². The third-order valence-electron chi connectivity index (χ3n) is 4.65. The second kappa shape index (κ2) is 11.4. The van der Waals surface area contributed by atoms with Crippen LogP contribution in [-0.2, 0) is 25.5 Å². The van der Waals surface area contributed by atoms with E-state index >= 15 is 0 Å². The average molecular weight is 389 g/mol. The van der Waals surface area contributed by atoms with Crippen LogP contribution in [0.2, 0.25) is 0 Å². The molecule has 1 aromatic carbocycles. The molecule has 7 nitrogen and oxygen atoms in total. The standard InChI is InChI=1S/C21H31N3O4/c1-3-5-6-10-13-22-19(25)16(14-15-11-8-7-9-12-15)23-20(26)17-18(24-17)21(27)28-4-2/h7-9,11-12,16-18,24H,3-6,10,13-14H2,1-2H3,(H,22,25)(H,23,26)/t16-,17-,18-/m0/s1. The maximum atomic E-state index is 12.6. The minimum atomic E-state index is -0.689. The number of esters is 1. The first kappa shape index (κ1) is 21.9. The van der Waals surface area contributed by atoms with Crippen LogP contribution in [0, 0.1) is 0 Å². The van der Waals surface area contributed by atoms with Gasteiger partial charge in [-0.05, 0) is 18.9 Å². The lowest BCUT2D eigenvalue weighted by atomic mass is 10.0. The van der Waals surface area contributed by atoms with Crippen LogP contribution in [-0.4, -0.2) is 49.1 Å². The molecule has 28 heavy (non-hydrogen) atoms. The molecule has 0 unspecified atom stereocenters. The molecule has 1 saturated heterocycles. The van der Waals surface area contributed by atoms with Crippen molar-refractivity contribution in [2.75, 3.05) is 13.2 Å². The lowest BCUT2D eigenvalue weighted by Crippen LogP contribution is -2.50. The Kier molecular flexibility index (Phi) is 8.94. The number of carbonyl (C=O) groups excluding carboxylic acids is 3. The number of benzene rings is 1. The zero-order valence-electron chi connectivity index (χ0n) is 16.7. The van der Waals surface area contributed by atoms with E-state index < -0.39 is 24.1 Å². The van der Waals surface area contributed by atoms with E-state index in [-0.39, 0.29) is 18.4 Å². The number of ether oxygens (including phenoxy) is 1. The molecule has 1 fully saturated rings. The largest absolute Gasteiger partial charge is 0.465 e. The molecule has 1 heterocycles. The highest BCUT2D eigenvalue weighted by atomic mass is 16.5. The van der Waals surface area contributed by atoms with Crippen molar-refractivity contribution in [3.63, 3.8) is 0 Å². The molecule has 0 saturated carbocycles. The van der Waals surface area contributed by atoms with E-state index in [1.54, 1.807) is 6.92 Å². The summed E-state index contributed by atoms with van der Waals surface area (Å²) in [5, 5.41) is 8.51. The summed E-state index contributed by atoms with van der Waals surface area (Å²) in [6, 6.07) is 7.58. The van der Waals surface area contributed by atoms with E-state index in [4.69, 9.17) is 4.74 Å². The van der Waals surface area contributed by atoms with E-state index in [0.717, 1.165) is 31.2 Å². The van der Waals surface area contributed by atoms with Gasteiger partial charge < -0.3 is 15.4 Å². The van der Waals surface area contributed by atoms with Crippen LogP contribution < -0.4 is 16.0 Å². The Hall–Kier alpha value is -2.41. The molecule has 1 aromatic rings. The van der Waals surface area contributed by atoms with Crippen molar-refractivity contribution in [1.29, 1.82) is 0 Å². The van der Waals surface area contributed by atoms with Crippen molar-refractivity contribution in [3.05, 3.63) is 35.9 Å². The first-order valence-electron chi connectivity index (χ1n) is 10.1. The van der Waals surface area contributed by atoms with Gasteiger partial charge in [0.05, 0.1) is 6.61 Å². The fourth-order valence-electron chi connectivity index (χ4n) is 3.01. The number of unbranched alkanes of at least 4 members (excludes halogenated alkanes) is 3. The van der Waals surface area contributed by atoms with Crippen molar-refractivity contribution in [2.24, 2.45) is 0 Å². The number of rotatable bonds is 12. The minimum Gasteiger partial charge on any atom is -0.465 e. The zero-order valence-corrected chi connectivity index (χ0v) is 16.7. The Balaban J connectivity index is 1.91. The average Bonchev–Trinajstić information content (AvgIpc) is 3.49. The number of hydrogen-bond donors (Lipinski definition) is 3. The van der Waals surface area contributed by atoms with Crippen molar-refractivity contribution in [2.45, 2.75) is 64.1 Å². The van der Waals surface area contributed by atoms with Gasteiger partial charge in [-0.25, -0.2) is 0 Å². The first-order valence-corrected chi connectivity index (χ1v) is 10.1. The van der Waals surface area contributed by atoms with Gasteiger partial charge in [0.1, 0.15) is 18.1 Å². The summed E-state index contributed by atoms with van der Waals surface area (Å²) in [7, 11) is 0. The number of nitrogens with one attached hydrogen (secondary N) is 3. The second-order valence-corrected chi connectivity index (χ2v) is 6.98. The van der Waals surface area contributed by atoms with Gasteiger partial charge in [0.2, 0.25) is 11.8 Å². The molecular formula is C21H31N3O4. The molecule has 0 spiro atoms. The minimum absolute atomic E-state index is 0.206. The molecule has 0 aliphatic carbocycles. The quantitative estimate of drug-likeness (QED) is 0.284. The third-order valence-corrected chi connectivity index (χ3v) is 4.65. The van der Waals surface area contributed by atoms with Crippen LogP contribution in [0.5, 0.6) is 0 Å². The molecular weight excluding hydrogens is 358 g/mol. The highest BCUT2D eigenvalue weighted by molar-refractivity contribution is 5.97. The van der Waals surface area contributed by atoms with E-state index in [2.05, 4.69) is 22.9 Å². The number of hydrogen-bond acceptors (Lipinski definition) is 5. The zero-order chi connectivity index (χ0) is 20.4. The van der Waals surface area contributed by atoms with E-state index in [1.807, 2.05) is 30.3 Å². The van der Waals surface area contributed by atoms with Crippen LogP contribution in [0.15, 0.2) is 30.3 Å². The smallest absolute Gasteiger partial charge is 0.325 e. The Morgan fingerprint density at radius 3 is 2.50 bits per heavy atom. The second-order valence-electron chi connectivity index (χ2n) is 6.98. The fraction of sp³-hybridized carbons (Fsp3) is 0.571. The summed E-state index contributed by atoms with van der Waals surface area (Å²) in [6.45, 7) is 4.71. The van der Waals surface area contributed by atoms with Crippen molar-refractivity contribution < 1.29 is 19.1 Å². The van der Waals surface area contributed by atoms with Crippen LogP contribution in [0.3, 0.4) is 0 Å². The van der Waals surface area contributed by atoms with Gasteiger partial charge in [-0.1, -0.05) is 56.5 Å². The monoisotopic (exact) mass is 389 g/mol. The topological polar surface area (TPSA) is 106 Å². The van der Waals surface area contributed by atoms with Crippen LogP contribution in [0.1, 0.15) is 45.1 Å². The summed E-state index contributed by atoms with van der Waals surface area (Å²) >= 11 is 0. The molecule has 154 valence electrons. The van der Waals surface area contributed by atoms with Crippen LogP contribution >= 0.6 is 0 Å². The lowest BCUT2D eigenvalue weighted by Gasteiger charge is -2.18. The molecule has 1 aliphatic heterocycles. The normalized spacial score (nSPS) is 18.8. The first-order chi connectivity index (χ1) is 13.6. The summed E-state index contributed by atoms with van der Waals surface area (Å²) in [5.74, 6) is -1.01. The molecule has 0 aromatic heterocycles. The molecule has 7 heteroatoms. The molecule has 3 N–H and O–H groups in total. The van der Waals surface area contributed by atoms with Crippen molar-refractivity contribution >= 4 is 17.8 Å². The van der Waals surface area contributed by atoms with Gasteiger partial charge in [0.15, 0.2) is 0 Å². The highest BCUT2D eigenvalue weighted by Crippen LogP contribution is 2.14. The van der Waals surface area contributed by atoms with Crippen molar-refractivity contribution in [1.82, 2.24) is 16.0 Å². The van der Waals surface area contributed by atoms with Crippen LogP contribution in [0.25, 0.3) is 0 Å². The molecule has 1 aliphatic rings.